The number of H-pyrrole nitrogens is 1. The molecule has 1 amide bonds. The third-order valence-electron chi connectivity index (χ3n) is 5.53. The van der Waals surface area contributed by atoms with E-state index in [2.05, 4.69) is 48.5 Å². The number of para-hydroxylation sites is 1. The molecule has 28 heavy (non-hydrogen) atoms. The lowest BCUT2D eigenvalue weighted by Gasteiger charge is -2.27. The Bertz CT molecular complexity index is 1020. The van der Waals surface area contributed by atoms with Crippen molar-refractivity contribution in [1.82, 2.24) is 19.4 Å². The molecule has 0 radical (unpaired) electrons. The van der Waals surface area contributed by atoms with Crippen LogP contribution in [0.15, 0.2) is 29.4 Å². The van der Waals surface area contributed by atoms with E-state index in [1.54, 1.807) is 11.8 Å². The van der Waals surface area contributed by atoms with Crippen molar-refractivity contribution in [2.24, 2.45) is 5.92 Å². The minimum atomic E-state index is 0.190. The number of aromatic nitrogens is 3. The van der Waals surface area contributed by atoms with Crippen molar-refractivity contribution in [3.8, 4) is 0 Å². The first-order chi connectivity index (χ1) is 13.4. The molecule has 0 atom stereocenters. The molecular weight excluding hydrogens is 368 g/mol. The van der Waals surface area contributed by atoms with E-state index in [1.807, 2.05) is 17.9 Å². The Balaban J connectivity index is 1.46. The molecule has 0 bridgehead atoms. The van der Waals surface area contributed by atoms with Crippen molar-refractivity contribution in [1.29, 1.82) is 0 Å². The first-order valence-corrected chi connectivity index (χ1v) is 11.0. The van der Waals surface area contributed by atoms with Gasteiger partial charge in [-0.1, -0.05) is 43.8 Å². The number of hydrogen-bond acceptors (Lipinski definition) is 3. The maximum absolute atomic E-state index is 12.9. The molecule has 148 valence electrons. The second-order valence-corrected chi connectivity index (χ2v) is 8.99. The third kappa shape index (κ3) is 3.58. The van der Waals surface area contributed by atoms with Crippen molar-refractivity contribution in [2.75, 3.05) is 12.3 Å². The first kappa shape index (κ1) is 19.1. The van der Waals surface area contributed by atoms with E-state index < -0.39 is 0 Å². The highest BCUT2D eigenvalue weighted by Crippen LogP contribution is 2.29. The van der Waals surface area contributed by atoms with Crippen LogP contribution >= 0.6 is 11.8 Å². The lowest BCUT2D eigenvalue weighted by Crippen LogP contribution is -2.37. The number of fused-ring (bicyclic) bond motifs is 3. The molecule has 1 aromatic carbocycles. The van der Waals surface area contributed by atoms with Gasteiger partial charge in [0.15, 0.2) is 5.16 Å². The number of nitrogens with one attached hydrogen (secondary N) is 1. The largest absolute Gasteiger partial charge is 0.358 e. The Kier molecular flexibility index (Phi) is 5.23. The van der Waals surface area contributed by atoms with E-state index in [4.69, 9.17) is 4.98 Å². The summed E-state index contributed by atoms with van der Waals surface area (Å²) in [4.78, 5) is 23.1. The number of aromatic amines is 1. The molecular formula is C22H28N4OS. The molecule has 2 aromatic heterocycles. The van der Waals surface area contributed by atoms with Gasteiger partial charge in [-0.2, -0.15) is 0 Å². The summed E-state index contributed by atoms with van der Waals surface area (Å²) in [5.74, 6) is 1.17. The molecule has 6 heteroatoms. The molecule has 0 fully saturated rings. The number of hydrogen-bond donors (Lipinski definition) is 1. The highest BCUT2D eigenvalue weighted by molar-refractivity contribution is 7.99. The van der Waals surface area contributed by atoms with Gasteiger partial charge in [-0.15, -0.1) is 0 Å². The number of thioether (sulfide) groups is 1. The summed E-state index contributed by atoms with van der Waals surface area (Å²) in [7, 11) is 0. The number of aryl methyl sites for hydroxylation is 1. The summed E-state index contributed by atoms with van der Waals surface area (Å²) in [6.45, 7) is 11.0. The first-order valence-electron chi connectivity index (χ1n) is 9.96. The molecule has 3 aromatic rings. The van der Waals surface area contributed by atoms with Gasteiger partial charge in [0, 0.05) is 53.9 Å². The second-order valence-electron chi connectivity index (χ2n) is 8.05. The minimum Gasteiger partial charge on any atom is -0.358 e. The van der Waals surface area contributed by atoms with E-state index in [1.165, 1.54) is 22.3 Å². The molecule has 0 unspecified atom stereocenters. The van der Waals surface area contributed by atoms with Gasteiger partial charge < -0.3 is 14.5 Å². The van der Waals surface area contributed by atoms with Crippen LogP contribution in [0, 0.1) is 19.8 Å². The maximum Gasteiger partial charge on any atom is 0.233 e. The van der Waals surface area contributed by atoms with Gasteiger partial charge in [0.1, 0.15) is 0 Å². The van der Waals surface area contributed by atoms with Crippen LogP contribution in [0.2, 0.25) is 0 Å². The number of imidazole rings is 1. The van der Waals surface area contributed by atoms with E-state index in [-0.39, 0.29) is 5.91 Å². The zero-order valence-electron chi connectivity index (χ0n) is 17.1. The summed E-state index contributed by atoms with van der Waals surface area (Å²) in [5, 5.41) is 2.20. The van der Waals surface area contributed by atoms with Crippen LogP contribution in [0.1, 0.15) is 36.5 Å². The summed E-state index contributed by atoms with van der Waals surface area (Å²) in [6, 6.07) is 8.36. The monoisotopic (exact) mass is 396 g/mol. The fourth-order valence-electron chi connectivity index (χ4n) is 3.91. The number of benzene rings is 1. The van der Waals surface area contributed by atoms with Crippen LogP contribution in [-0.4, -0.2) is 37.6 Å². The molecule has 1 aliphatic heterocycles. The molecule has 1 N–H and O–H groups in total. The van der Waals surface area contributed by atoms with Crippen molar-refractivity contribution in [3.63, 3.8) is 0 Å². The molecule has 0 spiro atoms. The molecule has 4 rings (SSSR count). The molecule has 0 aliphatic carbocycles. The Morgan fingerprint density at radius 3 is 2.86 bits per heavy atom. The van der Waals surface area contributed by atoms with Crippen LogP contribution in [-0.2, 0) is 24.3 Å². The number of rotatable bonds is 5. The average Bonchev–Trinajstić information content (AvgIpc) is 3.17. The maximum atomic E-state index is 12.9. The summed E-state index contributed by atoms with van der Waals surface area (Å²) in [6.07, 6.45) is 0.889. The number of nitrogens with zero attached hydrogens (tertiary/aromatic N) is 3. The number of amides is 1. The second kappa shape index (κ2) is 7.66. The number of carbonyl (C=O) groups is 1. The third-order valence-corrected chi connectivity index (χ3v) is 6.49. The highest BCUT2D eigenvalue weighted by Gasteiger charge is 2.24. The SMILES string of the molecule is Cc1nc(SCC(=O)N2CCc3[nH]c4ccccc4c3C2)n(CC(C)C)c1C. The molecule has 0 saturated heterocycles. The van der Waals surface area contributed by atoms with Gasteiger partial charge in [-0.3, -0.25) is 4.79 Å². The Hall–Kier alpha value is -2.21. The fourth-order valence-corrected chi connectivity index (χ4v) is 4.91. The zero-order chi connectivity index (χ0) is 19.8. The lowest BCUT2D eigenvalue weighted by molar-refractivity contribution is -0.129. The van der Waals surface area contributed by atoms with Crippen molar-refractivity contribution < 1.29 is 4.79 Å². The summed E-state index contributed by atoms with van der Waals surface area (Å²) >= 11 is 1.57. The Labute approximate surface area is 170 Å². The van der Waals surface area contributed by atoms with Crippen molar-refractivity contribution >= 4 is 28.6 Å². The van der Waals surface area contributed by atoms with Gasteiger partial charge in [-0.25, -0.2) is 4.98 Å². The van der Waals surface area contributed by atoms with Gasteiger partial charge >= 0.3 is 0 Å². The summed E-state index contributed by atoms with van der Waals surface area (Å²) < 4.78 is 2.26. The standard InChI is InChI=1S/C22H28N4OS/c1-14(2)11-26-16(4)15(3)23-22(26)28-13-21(27)25-10-9-20-18(12-25)17-7-5-6-8-19(17)24-20/h5-8,14,24H,9-13H2,1-4H3. The van der Waals surface area contributed by atoms with Crippen molar-refractivity contribution in [3.05, 3.63) is 46.9 Å². The zero-order valence-corrected chi connectivity index (χ0v) is 17.9. The molecule has 0 saturated carbocycles. The minimum absolute atomic E-state index is 0.190. The quantitative estimate of drug-likeness (QED) is 0.654. The normalized spacial score (nSPS) is 14.1. The number of carbonyl (C=O) groups excluding carboxylic acids is 1. The smallest absolute Gasteiger partial charge is 0.233 e. The Morgan fingerprint density at radius 1 is 1.29 bits per heavy atom. The van der Waals surface area contributed by atoms with E-state index >= 15 is 0 Å². The van der Waals surface area contributed by atoms with Crippen LogP contribution < -0.4 is 0 Å². The lowest BCUT2D eigenvalue weighted by atomic mass is 10.0. The molecule has 1 aliphatic rings. The topological polar surface area (TPSA) is 53.9 Å². The van der Waals surface area contributed by atoms with Crippen LogP contribution in [0.3, 0.4) is 0 Å². The molecule has 3 heterocycles. The van der Waals surface area contributed by atoms with Gasteiger partial charge in [0.2, 0.25) is 5.91 Å². The van der Waals surface area contributed by atoms with E-state index in [0.717, 1.165) is 35.9 Å². The van der Waals surface area contributed by atoms with Gasteiger partial charge in [-0.05, 0) is 25.8 Å². The average molecular weight is 397 g/mol. The van der Waals surface area contributed by atoms with Crippen LogP contribution in [0.25, 0.3) is 10.9 Å². The Morgan fingerprint density at radius 2 is 2.07 bits per heavy atom. The predicted molar refractivity (Wildman–Crippen MR) is 115 cm³/mol. The fraction of sp³-hybridized carbons (Fsp3) is 0.455. The van der Waals surface area contributed by atoms with Crippen LogP contribution in [0.5, 0.6) is 0 Å². The van der Waals surface area contributed by atoms with Gasteiger partial charge in [0.25, 0.3) is 0 Å². The highest BCUT2D eigenvalue weighted by atomic mass is 32.2. The van der Waals surface area contributed by atoms with Crippen LogP contribution in [0.4, 0.5) is 0 Å². The summed E-state index contributed by atoms with van der Waals surface area (Å²) in [5.41, 5.74) is 5.96. The van der Waals surface area contributed by atoms with E-state index in [0.29, 0.717) is 18.2 Å². The predicted octanol–water partition coefficient (Wildman–Crippen LogP) is 4.31. The molecule has 5 nitrogen and oxygen atoms in total. The van der Waals surface area contributed by atoms with Gasteiger partial charge in [0.05, 0.1) is 11.4 Å². The van der Waals surface area contributed by atoms with Crippen molar-refractivity contribution in [2.45, 2.75) is 52.4 Å². The van der Waals surface area contributed by atoms with E-state index in [9.17, 15) is 4.79 Å².